The molecule has 2 saturated carbocycles. The molecule has 3 aliphatic rings. The fourth-order valence-corrected chi connectivity index (χ4v) is 6.52. The Balaban J connectivity index is 1.32. The molecule has 0 saturated heterocycles. The molecule has 0 radical (unpaired) electrons. The van der Waals surface area contributed by atoms with E-state index in [4.69, 9.17) is 16.3 Å². The molecule has 0 heterocycles. The number of carbonyl (C=O) groups excluding carboxylic acids is 1. The van der Waals surface area contributed by atoms with Gasteiger partial charge in [0.1, 0.15) is 11.5 Å². The maximum Gasteiger partial charge on any atom is 0.139 e. The summed E-state index contributed by atoms with van der Waals surface area (Å²) in [5.41, 5.74) is 2.99. The molecule has 2 nitrogen and oxygen atoms in total. The molecule has 0 amide bonds. The molecule has 1 aromatic carbocycles. The van der Waals surface area contributed by atoms with Crippen molar-refractivity contribution >= 4 is 17.4 Å². The first-order valence-electron chi connectivity index (χ1n) is 11.6. The Kier molecular flexibility index (Phi) is 6.39. The summed E-state index contributed by atoms with van der Waals surface area (Å²) in [6.07, 6.45) is 12.0. The second kappa shape index (κ2) is 8.84. The molecule has 0 N–H and O–H groups in total. The highest BCUT2D eigenvalue weighted by atomic mass is 35.5. The first-order chi connectivity index (χ1) is 14.0. The lowest BCUT2D eigenvalue weighted by Gasteiger charge is -2.48. The van der Waals surface area contributed by atoms with Gasteiger partial charge in [0.15, 0.2) is 0 Å². The zero-order valence-electron chi connectivity index (χ0n) is 17.9. The second-order valence-electron chi connectivity index (χ2n) is 9.72. The zero-order valence-corrected chi connectivity index (χ0v) is 18.6. The number of fused-ring (bicyclic) bond motifs is 5. The number of hydrogen-bond donors (Lipinski definition) is 0. The number of unbranched alkanes of at least 4 members (excludes halogenated alkanes) is 3. The number of rotatable bonds is 8. The standard InChI is InChI=1S/C26H35ClO2/c1-18(27)7-5-3-4-6-16-29-20-9-11-21-19(17-20)8-10-23-22(21)14-15-26(2)24(23)12-13-25(26)28/h9,11,17,22-24H,1,3-8,10,12-16H2,2H3/t22-,23-,24+,26+/m1/s1. The van der Waals surface area contributed by atoms with E-state index in [9.17, 15) is 4.79 Å². The number of aryl methyl sites for hydroxylation is 1. The predicted molar refractivity (Wildman–Crippen MR) is 120 cm³/mol. The molecule has 0 aliphatic heterocycles. The zero-order chi connectivity index (χ0) is 20.4. The predicted octanol–water partition coefficient (Wildman–Crippen LogP) is 7.19. The third-order valence-electron chi connectivity index (χ3n) is 8.02. The number of benzene rings is 1. The van der Waals surface area contributed by atoms with Crippen molar-refractivity contribution in [1.29, 1.82) is 0 Å². The highest BCUT2D eigenvalue weighted by Gasteiger charge is 2.54. The third kappa shape index (κ3) is 4.29. The average Bonchev–Trinajstić information content (AvgIpc) is 3.01. The van der Waals surface area contributed by atoms with Gasteiger partial charge in [0.2, 0.25) is 0 Å². The number of ether oxygens (including phenoxy) is 1. The van der Waals surface area contributed by atoms with Crippen LogP contribution >= 0.6 is 11.6 Å². The van der Waals surface area contributed by atoms with Gasteiger partial charge in [0, 0.05) is 16.9 Å². The molecule has 3 aliphatic carbocycles. The average molecular weight is 415 g/mol. The minimum absolute atomic E-state index is 0.0290. The lowest BCUT2D eigenvalue weighted by atomic mass is 9.55. The van der Waals surface area contributed by atoms with Crippen LogP contribution in [-0.4, -0.2) is 12.4 Å². The van der Waals surface area contributed by atoms with Crippen LogP contribution in [0.5, 0.6) is 5.75 Å². The van der Waals surface area contributed by atoms with Crippen LogP contribution in [-0.2, 0) is 11.2 Å². The molecule has 0 unspecified atom stereocenters. The van der Waals surface area contributed by atoms with Crippen molar-refractivity contribution in [2.45, 2.75) is 83.5 Å². The van der Waals surface area contributed by atoms with Gasteiger partial charge < -0.3 is 4.74 Å². The number of Topliss-reactive ketones (excluding diaryl/α,β-unsaturated/α-hetero) is 1. The van der Waals surface area contributed by atoms with Crippen molar-refractivity contribution in [3.63, 3.8) is 0 Å². The molecule has 0 spiro atoms. The topological polar surface area (TPSA) is 26.3 Å². The molecule has 0 bridgehead atoms. The Morgan fingerprint density at radius 2 is 2.00 bits per heavy atom. The number of hydrogen-bond acceptors (Lipinski definition) is 2. The van der Waals surface area contributed by atoms with Crippen molar-refractivity contribution in [2.75, 3.05) is 6.61 Å². The minimum Gasteiger partial charge on any atom is -0.494 e. The van der Waals surface area contributed by atoms with E-state index < -0.39 is 0 Å². The van der Waals surface area contributed by atoms with Gasteiger partial charge in [-0.25, -0.2) is 0 Å². The summed E-state index contributed by atoms with van der Waals surface area (Å²) in [5, 5.41) is 0.764. The fraction of sp³-hybridized carbons (Fsp3) is 0.654. The highest BCUT2D eigenvalue weighted by Crippen LogP contribution is 2.59. The summed E-state index contributed by atoms with van der Waals surface area (Å²) < 4.78 is 6.05. The Morgan fingerprint density at radius 3 is 2.83 bits per heavy atom. The summed E-state index contributed by atoms with van der Waals surface area (Å²) in [4.78, 5) is 12.5. The van der Waals surface area contributed by atoms with Crippen molar-refractivity contribution in [1.82, 2.24) is 0 Å². The Hall–Kier alpha value is -1.28. The van der Waals surface area contributed by atoms with Gasteiger partial charge >= 0.3 is 0 Å². The quantitative estimate of drug-likeness (QED) is 0.420. The van der Waals surface area contributed by atoms with E-state index in [1.165, 1.54) is 36.8 Å². The van der Waals surface area contributed by atoms with Gasteiger partial charge in [-0.1, -0.05) is 44.0 Å². The van der Waals surface area contributed by atoms with Gasteiger partial charge in [-0.05, 0) is 92.4 Å². The molecule has 2 fully saturated rings. The van der Waals surface area contributed by atoms with Crippen molar-refractivity contribution in [3.05, 3.63) is 40.9 Å². The molecular formula is C26H35ClO2. The lowest BCUT2D eigenvalue weighted by Crippen LogP contribution is -2.42. The first-order valence-corrected chi connectivity index (χ1v) is 12.0. The smallest absolute Gasteiger partial charge is 0.139 e. The molecule has 1 aromatic rings. The van der Waals surface area contributed by atoms with Crippen molar-refractivity contribution in [2.24, 2.45) is 17.3 Å². The maximum atomic E-state index is 12.5. The fourth-order valence-electron chi connectivity index (χ4n) is 6.38. The Labute approximate surface area is 181 Å². The highest BCUT2D eigenvalue weighted by molar-refractivity contribution is 6.29. The SMILES string of the molecule is C=C(Cl)CCCCCCOc1ccc2c(c1)CC[C@@H]1[C@@H]2CC[C@]2(C)C(=O)CC[C@@H]12. The van der Waals surface area contributed by atoms with E-state index in [0.29, 0.717) is 23.5 Å². The molecule has 3 heteroatoms. The molecule has 29 heavy (non-hydrogen) atoms. The molecule has 4 rings (SSSR count). The van der Waals surface area contributed by atoms with Crippen LogP contribution in [0.2, 0.25) is 0 Å². The van der Waals surface area contributed by atoms with Gasteiger partial charge in [0.05, 0.1) is 6.61 Å². The van der Waals surface area contributed by atoms with Gasteiger partial charge in [-0.3, -0.25) is 4.79 Å². The molecular weight excluding hydrogens is 380 g/mol. The van der Waals surface area contributed by atoms with Crippen molar-refractivity contribution < 1.29 is 9.53 Å². The van der Waals surface area contributed by atoms with Crippen LogP contribution in [0.15, 0.2) is 29.8 Å². The van der Waals surface area contributed by atoms with Crippen LogP contribution in [0, 0.1) is 17.3 Å². The van der Waals surface area contributed by atoms with Gasteiger partial charge in [-0.15, -0.1) is 0 Å². The van der Waals surface area contributed by atoms with Crippen LogP contribution in [0.1, 0.15) is 88.2 Å². The van der Waals surface area contributed by atoms with E-state index in [0.717, 1.165) is 62.3 Å². The first kappa shape index (κ1) is 21.0. The summed E-state index contributed by atoms with van der Waals surface area (Å²) >= 11 is 5.80. The monoisotopic (exact) mass is 414 g/mol. The van der Waals surface area contributed by atoms with Crippen molar-refractivity contribution in [3.8, 4) is 5.75 Å². The number of carbonyl (C=O) groups is 1. The van der Waals surface area contributed by atoms with Crippen LogP contribution in [0.3, 0.4) is 0 Å². The Morgan fingerprint density at radius 1 is 1.17 bits per heavy atom. The second-order valence-corrected chi connectivity index (χ2v) is 10.3. The maximum absolute atomic E-state index is 12.5. The normalized spacial score (nSPS) is 30.4. The number of allylic oxidation sites excluding steroid dienone is 1. The van der Waals surface area contributed by atoms with E-state index in [2.05, 4.69) is 31.7 Å². The van der Waals surface area contributed by atoms with E-state index >= 15 is 0 Å². The molecule has 4 atom stereocenters. The Bertz CT molecular complexity index is 770. The largest absolute Gasteiger partial charge is 0.494 e. The van der Waals surface area contributed by atoms with Gasteiger partial charge in [0.25, 0.3) is 0 Å². The summed E-state index contributed by atoms with van der Waals surface area (Å²) in [5.74, 6) is 3.50. The number of halogens is 1. The summed E-state index contributed by atoms with van der Waals surface area (Å²) in [6, 6.07) is 6.79. The van der Waals surface area contributed by atoms with E-state index in [1.54, 1.807) is 0 Å². The third-order valence-corrected chi connectivity index (χ3v) is 8.21. The van der Waals surface area contributed by atoms with E-state index in [-0.39, 0.29) is 5.41 Å². The molecule has 0 aromatic heterocycles. The lowest BCUT2D eigenvalue weighted by molar-refractivity contribution is -0.129. The van der Waals surface area contributed by atoms with Crippen LogP contribution < -0.4 is 4.74 Å². The van der Waals surface area contributed by atoms with E-state index in [1.807, 2.05) is 0 Å². The number of ketones is 1. The summed E-state index contributed by atoms with van der Waals surface area (Å²) in [7, 11) is 0. The van der Waals surface area contributed by atoms with Gasteiger partial charge in [-0.2, -0.15) is 0 Å². The van der Waals surface area contributed by atoms with Crippen LogP contribution in [0.25, 0.3) is 0 Å². The minimum atomic E-state index is -0.0290. The van der Waals surface area contributed by atoms with Crippen LogP contribution in [0.4, 0.5) is 0 Å². The molecule has 158 valence electrons. The summed E-state index contributed by atoms with van der Waals surface area (Å²) in [6.45, 7) is 6.78.